The Hall–Kier alpha value is -0.940. The first-order valence-corrected chi connectivity index (χ1v) is 2.93. The molecular weight excluding hydrogens is 155 g/mol. The van der Waals surface area contributed by atoms with Crippen LogP contribution in [0, 0.1) is 0 Å². The molecule has 2 N–H and O–H groups in total. The predicted octanol–water partition coefficient (Wildman–Crippen LogP) is -0.634. The zero-order valence-corrected chi connectivity index (χ0v) is 5.74. The van der Waals surface area contributed by atoms with Gasteiger partial charge in [-0.2, -0.15) is 0 Å². The van der Waals surface area contributed by atoms with Gasteiger partial charge in [0.2, 0.25) is 0 Å². The van der Waals surface area contributed by atoms with Crippen molar-refractivity contribution >= 4 is 5.97 Å². The van der Waals surface area contributed by atoms with Crippen molar-refractivity contribution in [3.8, 4) is 0 Å². The Labute approximate surface area is 62.9 Å². The van der Waals surface area contributed by atoms with Gasteiger partial charge in [-0.05, 0) is 0 Å². The molecule has 0 amide bonds. The lowest BCUT2D eigenvalue weighted by atomic mass is 10.4. The molecule has 64 valence electrons. The zero-order chi connectivity index (χ0) is 8.69. The minimum Gasteiger partial charge on any atom is -0.460 e. The first kappa shape index (κ1) is 10.1. The molecule has 0 aliphatic carbocycles. The van der Waals surface area contributed by atoms with Gasteiger partial charge in [-0.1, -0.05) is 0 Å². The molecule has 0 aromatic carbocycles. The largest absolute Gasteiger partial charge is 0.460 e. The van der Waals surface area contributed by atoms with E-state index >= 15 is 0 Å². The van der Waals surface area contributed by atoms with E-state index in [9.17, 15) is 9.18 Å². The highest BCUT2D eigenvalue weighted by atomic mass is 19.1. The summed E-state index contributed by atoms with van der Waals surface area (Å²) in [5.41, 5.74) is 0. The molecule has 0 aliphatic heterocycles. The molecular formula is C6H9FO4. The molecule has 11 heavy (non-hydrogen) atoms. The fourth-order valence-electron chi connectivity index (χ4n) is 0.331. The fourth-order valence-corrected chi connectivity index (χ4v) is 0.331. The molecule has 0 radical (unpaired) electrons. The molecule has 0 spiro atoms. The van der Waals surface area contributed by atoms with Gasteiger partial charge in [0.15, 0.2) is 0 Å². The minimum atomic E-state index is -1.10. The van der Waals surface area contributed by atoms with Crippen molar-refractivity contribution in [1.82, 2.24) is 0 Å². The second-order valence-electron chi connectivity index (χ2n) is 1.76. The van der Waals surface area contributed by atoms with E-state index in [1.165, 1.54) is 0 Å². The molecule has 0 aromatic rings. The quantitative estimate of drug-likeness (QED) is 0.428. The van der Waals surface area contributed by atoms with Crippen molar-refractivity contribution in [2.24, 2.45) is 0 Å². The van der Waals surface area contributed by atoms with Crippen molar-refractivity contribution < 1.29 is 24.1 Å². The molecule has 5 heteroatoms. The highest BCUT2D eigenvalue weighted by Crippen LogP contribution is 1.86. The third-order valence-electron chi connectivity index (χ3n) is 0.828. The number of hydrogen-bond donors (Lipinski definition) is 2. The predicted molar refractivity (Wildman–Crippen MR) is 34.3 cm³/mol. The molecule has 0 rings (SSSR count). The highest BCUT2D eigenvalue weighted by molar-refractivity contribution is 5.81. The van der Waals surface area contributed by atoms with Crippen LogP contribution in [0.4, 0.5) is 4.39 Å². The number of esters is 1. The van der Waals surface area contributed by atoms with E-state index < -0.39 is 18.7 Å². The first-order chi connectivity index (χ1) is 5.20. The summed E-state index contributed by atoms with van der Waals surface area (Å²) >= 11 is 0. The number of halogens is 1. The van der Waals surface area contributed by atoms with E-state index in [1.807, 2.05) is 0 Å². The maximum absolute atomic E-state index is 11.3. The Morgan fingerprint density at radius 1 is 1.73 bits per heavy atom. The molecule has 0 saturated carbocycles. The van der Waals surface area contributed by atoms with E-state index in [1.54, 1.807) is 0 Å². The Kier molecular flexibility index (Phi) is 5.32. The van der Waals surface area contributed by atoms with Crippen LogP contribution in [0.1, 0.15) is 0 Å². The number of carbonyl (C=O) groups excluding carboxylic acids is 1. The van der Waals surface area contributed by atoms with Crippen molar-refractivity contribution in [2.75, 3.05) is 13.2 Å². The maximum atomic E-state index is 11.3. The van der Waals surface area contributed by atoms with E-state index in [-0.39, 0.29) is 12.9 Å². The van der Waals surface area contributed by atoms with Gasteiger partial charge in [-0.15, -0.1) is 0 Å². The van der Waals surface area contributed by atoms with Crippen molar-refractivity contribution in [3.63, 3.8) is 0 Å². The summed E-state index contributed by atoms with van der Waals surface area (Å²) in [6, 6.07) is 0. The third-order valence-corrected chi connectivity index (χ3v) is 0.828. The van der Waals surface area contributed by atoms with Crippen molar-refractivity contribution in [2.45, 2.75) is 6.10 Å². The maximum Gasteiger partial charge on any atom is 0.333 e. The molecule has 1 atom stereocenters. The monoisotopic (exact) mass is 164 g/mol. The molecule has 0 fully saturated rings. The topological polar surface area (TPSA) is 66.8 Å². The zero-order valence-electron chi connectivity index (χ0n) is 5.74. The number of rotatable bonds is 4. The second kappa shape index (κ2) is 5.82. The summed E-state index contributed by atoms with van der Waals surface area (Å²) < 4.78 is 15.5. The highest BCUT2D eigenvalue weighted by Gasteiger charge is 2.04. The molecule has 1 unspecified atom stereocenters. The molecule has 0 heterocycles. The lowest BCUT2D eigenvalue weighted by Crippen LogP contribution is -2.21. The summed E-state index contributed by atoms with van der Waals surface area (Å²) in [6.07, 6.45) is -0.496. The van der Waals surface area contributed by atoms with E-state index in [0.29, 0.717) is 6.08 Å². The Morgan fingerprint density at radius 3 is 2.82 bits per heavy atom. The van der Waals surface area contributed by atoms with Gasteiger partial charge in [-0.25, -0.2) is 9.18 Å². The van der Waals surface area contributed by atoms with Crippen LogP contribution >= 0.6 is 0 Å². The number of aliphatic hydroxyl groups is 2. The molecule has 4 nitrogen and oxygen atoms in total. The molecule has 0 saturated heterocycles. The standard InChI is InChI=1S/C6H9FO4/c7-2-1-6(10)11-4-5(9)3-8/h1-2,5,8-9H,3-4H2. The number of ether oxygens (including phenoxy) is 1. The van der Waals surface area contributed by atoms with Gasteiger partial charge >= 0.3 is 5.97 Å². The van der Waals surface area contributed by atoms with Crippen LogP contribution in [-0.2, 0) is 9.53 Å². The SMILES string of the molecule is O=C(C=CF)OCC(O)CO. The van der Waals surface area contributed by atoms with Crippen LogP contribution < -0.4 is 0 Å². The van der Waals surface area contributed by atoms with Crippen LogP contribution in [0.2, 0.25) is 0 Å². The lowest BCUT2D eigenvalue weighted by molar-refractivity contribution is -0.141. The van der Waals surface area contributed by atoms with Crippen LogP contribution in [0.15, 0.2) is 12.4 Å². The fraction of sp³-hybridized carbons (Fsp3) is 0.500. The molecule has 0 bridgehead atoms. The summed E-state index contributed by atoms with van der Waals surface area (Å²) in [7, 11) is 0. The number of hydrogen-bond acceptors (Lipinski definition) is 4. The van der Waals surface area contributed by atoms with Crippen LogP contribution in [-0.4, -0.2) is 35.5 Å². The Bertz CT molecular complexity index is 146. The van der Waals surface area contributed by atoms with Crippen LogP contribution in [0.5, 0.6) is 0 Å². The summed E-state index contributed by atoms with van der Waals surface area (Å²) in [6.45, 7) is -0.827. The smallest absolute Gasteiger partial charge is 0.333 e. The molecule has 0 aromatic heterocycles. The van der Waals surface area contributed by atoms with E-state index in [4.69, 9.17) is 10.2 Å². The van der Waals surface area contributed by atoms with Crippen molar-refractivity contribution in [1.29, 1.82) is 0 Å². The Balaban J connectivity index is 3.45. The number of aliphatic hydroxyl groups excluding tert-OH is 2. The summed E-state index contributed by atoms with van der Waals surface area (Å²) in [5.74, 6) is -0.889. The Morgan fingerprint density at radius 2 is 2.36 bits per heavy atom. The average Bonchev–Trinajstić information content (AvgIpc) is 2.01. The van der Waals surface area contributed by atoms with Gasteiger partial charge in [-0.3, -0.25) is 0 Å². The van der Waals surface area contributed by atoms with Gasteiger partial charge in [0.05, 0.1) is 19.0 Å². The lowest BCUT2D eigenvalue weighted by Gasteiger charge is -2.05. The minimum absolute atomic E-state index is 0.0354. The summed E-state index contributed by atoms with van der Waals surface area (Å²) in [5, 5.41) is 16.9. The second-order valence-corrected chi connectivity index (χ2v) is 1.76. The normalized spacial score (nSPS) is 13.4. The van der Waals surface area contributed by atoms with Crippen LogP contribution in [0.3, 0.4) is 0 Å². The summed E-state index contributed by atoms with van der Waals surface area (Å²) in [4.78, 5) is 10.3. The van der Waals surface area contributed by atoms with Crippen molar-refractivity contribution in [3.05, 3.63) is 12.4 Å². The first-order valence-electron chi connectivity index (χ1n) is 2.93. The van der Waals surface area contributed by atoms with Gasteiger partial charge in [0.25, 0.3) is 0 Å². The van der Waals surface area contributed by atoms with Crippen LogP contribution in [0.25, 0.3) is 0 Å². The van der Waals surface area contributed by atoms with Gasteiger partial charge in [0.1, 0.15) is 12.7 Å². The average molecular weight is 164 g/mol. The van der Waals surface area contributed by atoms with Gasteiger partial charge in [0, 0.05) is 0 Å². The third kappa shape index (κ3) is 5.50. The van der Waals surface area contributed by atoms with E-state index in [2.05, 4.69) is 4.74 Å². The number of carbonyl (C=O) groups is 1. The van der Waals surface area contributed by atoms with Gasteiger partial charge < -0.3 is 14.9 Å². The van der Waals surface area contributed by atoms with E-state index in [0.717, 1.165) is 0 Å². The molecule has 0 aliphatic rings.